The summed E-state index contributed by atoms with van der Waals surface area (Å²) in [7, 11) is 0. The van der Waals surface area contributed by atoms with Crippen molar-refractivity contribution in [1.82, 2.24) is 4.98 Å². The van der Waals surface area contributed by atoms with Crippen LogP contribution in [0.2, 0.25) is 0 Å². The van der Waals surface area contributed by atoms with Crippen LogP contribution >= 0.6 is 0 Å². The molecular formula is C10H16N2. The molecule has 2 heteroatoms. The van der Waals surface area contributed by atoms with Crippen LogP contribution in [0.3, 0.4) is 0 Å². The Morgan fingerprint density at radius 3 is 2.75 bits per heavy atom. The Labute approximate surface area is 74.0 Å². The van der Waals surface area contributed by atoms with Crippen molar-refractivity contribution in [1.29, 1.82) is 0 Å². The highest BCUT2D eigenvalue weighted by Gasteiger charge is 2.13. The van der Waals surface area contributed by atoms with Gasteiger partial charge in [0.2, 0.25) is 0 Å². The van der Waals surface area contributed by atoms with E-state index in [1.165, 1.54) is 0 Å². The molecule has 0 unspecified atom stereocenters. The van der Waals surface area contributed by atoms with Crippen LogP contribution in [-0.4, -0.2) is 10.5 Å². The van der Waals surface area contributed by atoms with Crippen molar-refractivity contribution < 1.29 is 0 Å². The minimum atomic E-state index is 0.156. The molecule has 1 aromatic rings. The molecule has 1 heterocycles. The predicted octanol–water partition coefficient (Wildman–Crippen LogP) is 2.68. The van der Waals surface area contributed by atoms with E-state index in [9.17, 15) is 0 Å². The monoisotopic (exact) mass is 164 g/mol. The van der Waals surface area contributed by atoms with Gasteiger partial charge in [0, 0.05) is 17.9 Å². The molecule has 0 aromatic carbocycles. The average molecular weight is 164 g/mol. The van der Waals surface area contributed by atoms with Gasteiger partial charge in [0.25, 0.3) is 0 Å². The molecule has 12 heavy (non-hydrogen) atoms. The Hall–Kier alpha value is -1.05. The number of anilines is 1. The second-order valence-electron chi connectivity index (χ2n) is 3.60. The van der Waals surface area contributed by atoms with Gasteiger partial charge in [0.15, 0.2) is 0 Å². The van der Waals surface area contributed by atoms with Gasteiger partial charge in [-0.05, 0) is 32.4 Å². The van der Waals surface area contributed by atoms with E-state index in [1.807, 2.05) is 18.3 Å². The normalized spacial score (nSPS) is 11.2. The third-order valence-electron chi connectivity index (χ3n) is 2.03. The zero-order valence-corrected chi connectivity index (χ0v) is 7.96. The summed E-state index contributed by atoms with van der Waals surface area (Å²) in [6.07, 6.45) is 4.73. The van der Waals surface area contributed by atoms with Gasteiger partial charge >= 0.3 is 0 Å². The molecular weight excluding hydrogens is 148 g/mol. The van der Waals surface area contributed by atoms with Gasteiger partial charge in [-0.15, -0.1) is 0 Å². The van der Waals surface area contributed by atoms with Crippen molar-refractivity contribution in [2.75, 3.05) is 5.32 Å². The zero-order chi connectivity index (χ0) is 9.03. The van der Waals surface area contributed by atoms with Crippen LogP contribution in [0.4, 0.5) is 5.69 Å². The second-order valence-corrected chi connectivity index (χ2v) is 3.60. The summed E-state index contributed by atoms with van der Waals surface area (Å²) < 4.78 is 0. The van der Waals surface area contributed by atoms with Gasteiger partial charge in [-0.1, -0.05) is 6.92 Å². The van der Waals surface area contributed by atoms with E-state index in [1.54, 1.807) is 6.20 Å². The van der Waals surface area contributed by atoms with E-state index < -0.39 is 0 Å². The number of hydrogen-bond donors (Lipinski definition) is 1. The summed E-state index contributed by atoms with van der Waals surface area (Å²) in [6, 6.07) is 3.97. The molecule has 1 rings (SSSR count). The highest BCUT2D eigenvalue weighted by molar-refractivity contribution is 5.42. The molecule has 0 saturated carbocycles. The smallest absolute Gasteiger partial charge is 0.0530 e. The van der Waals surface area contributed by atoms with Gasteiger partial charge in [-0.3, -0.25) is 4.98 Å². The fourth-order valence-electron chi connectivity index (χ4n) is 0.916. The summed E-state index contributed by atoms with van der Waals surface area (Å²) in [5.41, 5.74) is 1.24. The SMILES string of the molecule is CCC(C)(C)Nc1cccnc1. The lowest BCUT2D eigenvalue weighted by Gasteiger charge is -2.25. The molecule has 2 nitrogen and oxygen atoms in total. The van der Waals surface area contributed by atoms with E-state index in [0.717, 1.165) is 12.1 Å². The Morgan fingerprint density at radius 2 is 2.25 bits per heavy atom. The minimum absolute atomic E-state index is 0.156. The van der Waals surface area contributed by atoms with E-state index in [2.05, 4.69) is 31.1 Å². The van der Waals surface area contributed by atoms with E-state index in [-0.39, 0.29) is 5.54 Å². The number of nitrogens with one attached hydrogen (secondary N) is 1. The number of pyridine rings is 1. The van der Waals surface area contributed by atoms with Crippen molar-refractivity contribution in [3.05, 3.63) is 24.5 Å². The van der Waals surface area contributed by atoms with Gasteiger partial charge in [0.05, 0.1) is 5.69 Å². The first kappa shape index (κ1) is 9.04. The molecule has 0 bridgehead atoms. The lowest BCUT2D eigenvalue weighted by molar-refractivity contribution is 0.547. The molecule has 0 fully saturated rings. The van der Waals surface area contributed by atoms with Gasteiger partial charge < -0.3 is 5.32 Å². The number of hydrogen-bond acceptors (Lipinski definition) is 2. The van der Waals surface area contributed by atoms with E-state index >= 15 is 0 Å². The van der Waals surface area contributed by atoms with Crippen molar-refractivity contribution in [3.63, 3.8) is 0 Å². The molecule has 0 atom stereocenters. The summed E-state index contributed by atoms with van der Waals surface area (Å²) in [4.78, 5) is 4.04. The molecule has 1 aromatic heterocycles. The highest BCUT2D eigenvalue weighted by Crippen LogP contribution is 2.15. The largest absolute Gasteiger partial charge is 0.379 e. The molecule has 0 saturated heterocycles. The molecule has 0 radical (unpaired) electrons. The molecule has 0 spiro atoms. The van der Waals surface area contributed by atoms with Crippen molar-refractivity contribution in [2.45, 2.75) is 32.7 Å². The lowest BCUT2D eigenvalue weighted by atomic mass is 10.0. The Balaban J connectivity index is 2.64. The van der Waals surface area contributed by atoms with E-state index in [4.69, 9.17) is 0 Å². The molecule has 0 aliphatic heterocycles. The van der Waals surface area contributed by atoms with Crippen LogP contribution in [0.25, 0.3) is 0 Å². The van der Waals surface area contributed by atoms with Crippen molar-refractivity contribution in [2.24, 2.45) is 0 Å². The standard InChI is InChI=1S/C10H16N2/c1-4-10(2,3)12-9-6-5-7-11-8-9/h5-8,12H,4H2,1-3H3. The lowest BCUT2D eigenvalue weighted by Crippen LogP contribution is -2.29. The van der Waals surface area contributed by atoms with E-state index in [0.29, 0.717) is 0 Å². The molecule has 0 amide bonds. The second kappa shape index (κ2) is 3.57. The predicted molar refractivity (Wildman–Crippen MR) is 52.2 cm³/mol. The summed E-state index contributed by atoms with van der Waals surface area (Å²) in [5.74, 6) is 0. The van der Waals surface area contributed by atoms with Crippen molar-refractivity contribution in [3.8, 4) is 0 Å². The van der Waals surface area contributed by atoms with Crippen LogP contribution in [0, 0.1) is 0 Å². The maximum atomic E-state index is 4.04. The van der Waals surface area contributed by atoms with Crippen LogP contribution in [0.5, 0.6) is 0 Å². The van der Waals surface area contributed by atoms with Gasteiger partial charge in [-0.2, -0.15) is 0 Å². The third kappa shape index (κ3) is 2.53. The summed E-state index contributed by atoms with van der Waals surface area (Å²) in [5, 5.41) is 3.41. The third-order valence-corrected chi connectivity index (χ3v) is 2.03. The minimum Gasteiger partial charge on any atom is -0.379 e. The first-order valence-corrected chi connectivity index (χ1v) is 4.32. The number of rotatable bonds is 3. The number of nitrogens with zero attached hydrogens (tertiary/aromatic N) is 1. The molecule has 66 valence electrons. The first-order valence-electron chi connectivity index (χ1n) is 4.32. The Bertz CT molecular complexity index is 229. The quantitative estimate of drug-likeness (QED) is 0.743. The maximum Gasteiger partial charge on any atom is 0.0530 e. The highest BCUT2D eigenvalue weighted by atomic mass is 15.0. The molecule has 1 N–H and O–H groups in total. The molecule has 0 aliphatic rings. The topological polar surface area (TPSA) is 24.9 Å². The Morgan fingerprint density at radius 1 is 1.50 bits per heavy atom. The zero-order valence-electron chi connectivity index (χ0n) is 7.96. The van der Waals surface area contributed by atoms with Crippen LogP contribution < -0.4 is 5.32 Å². The van der Waals surface area contributed by atoms with Crippen LogP contribution in [0.1, 0.15) is 27.2 Å². The van der Waals surface area contributed by atoms with Gasteiger partial charge in [0.1, 0.15) is 0 Å². The van der Waals surface area contributed by atoms with Crippen molar-refractivity contribution >= 4 is 5.69 Å². The summed E-state index contributed by atoms with van der Waals surface area (Å²) >= 11 is 0. The Kier molecular flexibility index (Phi) is 2.69. The van der Waals surface area contributed by atoms with Gasteiger partial charge in [-0.25, -0.2) is 0 Å². The molecule has 0 aliphatic carbocycles. The average Bonchev–Trinajstić information content (AvgIpc) is 2.06. The maximum absolute atomic E-state index is 4.04. The first-order chi connectivity index (χ1) is 5.64. The summed E-state index contributed by atoms with van der Waals surface area (Å²) in [6.45, 7) is 6.53. The fraction of sp³-hybridized carbons (Fsp3) is 0.500. The van der Waals surface area contributed by atoms with Crippen LogP contribution in [0.15, 0.2) is 24.5 Å². The number of aromatic nitrogens is 1. The fourth-order valence-corrected chi connectivity index (χ4v) is 0.916. The van der Waals surface area contributed by atoms with Crippen LogP contribution in [-0.2, 0) is 0 Å².